The van der Waals surface area contributed by atoms with Crippen LogP contribution in [0.2, 0.25) is 0 Å². The van der Waals surface area contributed by atoms with E-state index in [1.54, 1.807) is 12.3 Å². The first-order valence-corrected chi connectivity index (χ1v) is 11.1. The number of nitrogens with zero attached hydrogens (tertiary/aromatic N) is 1. The van der Waals surface area contributed by atoms with Crippen molar-refractivity contribution in [3.05, 3.63) is 59.7 Å². The van der Waals surface area contributed by atoms with Gasteiger partial charge in [0.05, 0.1) is 30.7 Å². The van der Waals surface area contributed by atoms with Crippen molar-refractivity contribution in [3.8, 4) is 0 Å². The van der Waals surface area contributed by atoms with Crippen LogP contribution in [0.4, 0.5) is 11.4 Å². The number of ether oxygens (including phenoxy) is 2. The number of Topliss-reactive ketones (excluding diaryl/α,β-unsaturated/α-hetero) is 1. The first kappa shape index (κ1) is 23.1. The third kappa shape index (κ3) is 4.82. The number of methoxy groups -OCH3 is 2. The summed E-state index contributed by atoms with van der Waals surface area (Å²) < 4.78 is 16.2. The zero-order valence-corrected chi connectivity index (χ0v) is 19.5. The second kappa shape index (κ2) is 9.41. The molecule has 2 aliphatic rings. The molecule has 2 heterocycles. The summed E-state index contributed by atoms with van der Waals surface area (Å²) in [6.07, 6.45) is 2.22. The van der Waals surface area contributed by atoms with Crippen LogP contribution in [0, 0.1) is 5.41 Å². The van der Waals surface area contributed by atoms with Crippen molar-refractivity contribution < 1.29 is 23.5 Å². The quantitative estimate of drug-likeness (QED) is 0.619. The van der Waals surface area contributed by atoms with E-state index >= 15 is 0 Å². The van der Waals surface area contributed by atoms with E-state index in [4.69, 9.17) is 13.9 Å². The van der Waals surface area contributed by atoms with Gasteiger partial charge in [0.25, 0.3) is 0 Å². The van der Waals surface area contributed by atoms with Gasteiger partial charge in [-0.25, -0.2) is 0 Å². The summed E-state index contributed by atoms with van der Waals surface area (Å²) in [6, 6.07) is 10.9. The van der Waals surface area contributed by atoms with Crippen LogP contribution in [0.15, 0.2) is 58.3 Å². The molecule has 176 valence electrons. The van der Waals surface area contributed by atoms with Crippen molar-refractivity contribution in [2.75, 3.05) is 37.5 Å². The Hall–Kier alpha value is -3.10. The van der Waals surface area contributed by atoms with Gasteiger partial charge in [0.15, 0.2) is 12.1 Å². The molecule has 1 aliphatic carbocycles. The number of para-hydroxylation sites is 2. The number of allylic oxidation sites excluding steroid dienone is 1. The second-order valence-corrected chi connectivity index (χ2v) is 9.23. The number of nitrogens with one attached hydrogen (secondary N) is 2. The molecule has 1 aromatic heterocycles. The van der Waals surface area contributed by atoms with Crippen LogP contribution in [0.3, 0.4) is 0 Å². The zero-order valence-electron chi connectivity index (χ0n) is 19.5. The molecule has 1 amide bonds. The normalized spacial score (nSPS) is 19.6. The molecule has 0 saturated carbocycles. The van der Waals surface area contributed by atoms with E-state index in [0.717, 1.165) is 23.5 Å². The topological polar surface area (TPSA) is 93.0 Å². The molecule has 0 saturated heterocycles. The highest BCUT2D eigenvalue weighted by Crippen LogP contribution is 2.48. The molecule has 8 heteroatoms. The fourth-order valence-corrected chi connectivity index (χ4v) is 4.64. The summed E-state index contributed by atoms with van der Waals surface area (Å²) in [5.41, 5.74) is 3.05. The molecule has 0 spiro atoms. The van der Waals surface area contributed by atoms with Gasteiger partial charge >= 0.3 is 0 Å². The molecule has 1 unspecified atom stereocenters. The number of carbonyl (C=O) groups excluding carboxylic acids is 2. The molecule has 4 rings (SSSR count). The van der Waals surface area contributed by atoms with Crippen molar-refractivity contribution in [1.82, 2.24) is 5.32 Å². The monoisotopic (exact) mass is 453 g/mol. The first-order chi connectivity index (χ1) is 15.8. The summed E-state index contributed by atoms with van der Waals surface area (Å²) in [4.78, 5) is 28.4. The van der Waals surface area contributed by atoms with E-state index in [9.17, 15) is 9.59 Å². The Balaban J connectivity index is 1.77. The highest BCUT2D eigenvalue weighted by Gasteiger charge is 2.42. The lowest BCUT2D eigenvalue weighted by Gasteiger charge is -2.36. The number of amides is 1. The highest BCUT2D eigenvalue weighted by molar-refractivity contribution is 6.01. The maximum absolute atomic E-state index is 13.5. The van der Waals surface area contributed by atoms with Gasteiger partial charge in [-0.05, 0) is 36.1 Å². The molecular weight excluding hydrogens is 422 g/mol. The number of fused-ring (bicyclic) bond motifs is 1. The number of rotatable bonds is 7. The molecule has 1 aliphatic heterocycles. The molecule has 0 bridgehead atoms. The smallest absolute Gasteiger partial charge is 0.239 e. The van der Waals surface area contributed by atoms with Crippen LogP contribution in [-0.2, 0) is 19.1 Å². The fourth-order valence-electron chi connectivity index (χ4n) is 4.64. The predicted octanol–water partition coefficient (Wildman–Crippen LogP) is 3.63. The van der Waals surface area contributed by atoms with E-state index in [0.29, 0.717) is 17.8 Å². The lowest BCUT2D eigenvalue weighted by molar-refractivity contribution is -0.126. The van der Waals surface area contributed by atoms with Crippen LogP contribution < -0.4 is 15.5 Å². The number of hydrogen-bond donors (Lipinski definition) is 2. The van der Waals surface area contributed by atoms with Gasteiger partial charge in [-0.3, -0.25) is 9.59 Å². The number of benzene rings is 1. The fraction of sp³-hybridized carbons (Fsp3) is 0.440. The predicted molar refractivity (Wildman–Crippen MR) is 125 cm³/mol. The van der Waals surface area contributed by atoms with E-state index in [2.05, 4.69) is 24.5 Å². The minimum Gasteiger partial charge on any atom is -0.467 e. The van der Waals surface area contributed by atoms with Crippen LogP contribution in [0.5, 0.6) is 0 Å². The Labute approximate surface area is 193 Å². The van der Waals surface area contributed by atoms with Crippen molar-refractivity contribution in [2.45, 2.75) is 39.0 Å². The molecule has 0 radical (unpaired) electrons. The van der Waals surface area contributed by atoms with Crippen molar-refractivity contribution >= 4 is 23.1 Å². The average molecular weight is 454 g/mol. The van der Waals surface area contributed by atoms with E-state index in [1.807, 2.05) is 35.2 Å². The van der Waals surface area contributed by atoms with Crippen molar-refractivity contribution in [3.63, 3.8) is 0 Å². The standard InChI is InChI=1S/C25H31N3O5/c1-25(2)12-17-23(19(29)13-25)24(20-10-7-11-33-20)28(18-9-6-5-8-16(18)27-17)15-21(30)26-14-22(31-3)32-4/h5-11,22,24,27H,12-15H2,1-4H3,(H,26,30). The molecule has 0 fully saturated rings. The van der Waals surface area contributed by atoms with Gasteiger partial charge in [-0.2, -0.15) is 0 Å². The number of anilines is 2. The van der Waals surface area contributed by atoms with Gasteiger partial charge in [-0.15, -0.1) is 0 Å². The Morgan fingerprint density at radius 3 is 2.67 bits per heavy atom. The highest BCUT2D eigenvalue weighted by atomic mass is 16.7. The molecule has 2 aromatic rings. The maximum Gasteiger partial charge on any atom is 0.239 e. The average Bonchev–Trinajstić information content (AvgIpc) is 3.26. The van der Waals surface area contributed by atoms with E-state index in [-0.39, 0.29) is 30.2 Å². The third-order valence-corrected chi connectivity index (χ3v) is 6.12. The minimum atomic E-state index is -0.538. The molecule has 1 aromatic carbocycles. The van der Waals surface area contributed by atoms with Gasteiger partial charge in [0.1, 0.15) is 11.8 Å². The Bertz CT molecular complexity index is 1040. The van der Waals surface area contributed by atoms with Gasteiger partial charge in [0, 0.05) is 31.9 Å². The molecule has 33 heavy (non-hydrogen) atoms. The summed E-state index contributed by atoms with van der Waals surface area (Å²) in [5.74, 6) is 0.466. The van der Waals surface area contributed by atoms with Crippen LogP contribution >= 0.6 is 0 Å². The first-order valence-electron chi connectivity index (χ1n) is 11.1. The summed E-state index contributed by atoms with van der Waals surface area (Å²) in [5, 5.41) is 6.38. The van der Waals surface area contributed by atoms with Gasteiger partial charge in [-0.1, -0.05) is 26.0 Å². The molecular formula is C25H31N3O5. The summed E-state index contributed by atoms with van der Waals surface area (Å²) in [6.45, 7) is 4.44. The van der Waals surface area contributed by atoms with Crippen molar-refractivity contribution in [2.24, 2.45) is 5.41 Å². The van der Waals surface area contributed by atoms with Crippen LogP contribution in [0.1, 0.15) is 38.5 Å². The summed E-state index contributed by atoms with van der Waals surface area (Å²) in [7, 11) is 3.04. The molecule has 8 nitrogen and oxygen atoms in total. The lowest BCUT2D eigenvalue weighted by Crippen LogP contribution is -2.44. The van der Waals surface area contributed by atoms with Crippen LogP contribution in [0.25, 0.3) is 0 Å². The van der Waals surface area contributed by atoms with E-state index < -0.39 is 12.3 Å². The Morgan fingerprint density at radius 2 is 1.97 bits per heavy atom. The number of ketones is 1. The zero-order chi connectivity index (χ0) is 23.6. The number of carbonyl (C=O) groups is 2. The summed E-state index contributed by atoms with van der Waals surface area (Å²) >= 11 is 0. The van der Waals surface area contributed by atoms with Gasteiger partial charge in [0.2, 0.25) is 5.91 Å². The van der Waals surface area contributed by atoms with Crippen LogP contribution in [-0.4, -0.2) is 45.3 Å². The largest absolute Gasteiger partial charge is 0.467 e. The number of furan rings is 1. The Morgan fingerprint density at radius 1 is 1.21 bits per heavy atom. The number of hydrogen-bond acceptors (Lipinski definition) is 7. The lowest BCUT2D eigenvalue weighted by atomic mass is 9.74. The van der Waals surface area contributed by atoms with E-state index in [1.165, 1.54) is 14.2 Å². The van der Waals surface area contributed by atoms with Crippen molar-refractivity contribution in [1.29, 1.82) is 0 Å². The SMILES string of the molecule is COC(CNC(=O)CN1c2ccccc2NC2=C(C(=O)CC(C)(C)C2)C1c1ccco1)OC. The molecule has 1 atom stereocenters. The maximum atomic E-state index is 13.5. The second-order valence-electron chi connectivity index (χ2n) is 9.23. The minimum absolute atomic E-state index is 0.0255. The van der Waals surface area contributed by atoms with Gasteiger partial charge < -0.3 is 29.4 Å². The Kier molecular flexibility index (Phi) is 6.58. The molecule has 2 N–H and O–H groups in total. The third-order valence-electron chi connectivity index (χ3n) is 6.12.